The zero-order chi connectivity index (χ0) is 92.8. The highest BCUT2D eigenvalue weighted by molar-refractivity contribution is 6.74. The van der Waals surface area contributed by atoms with E-state index in [1.807, 2.05) is 20.8 Å². The maximum atomic E-state index is 11.2. The number of hydrogen-bond donors (Lipinski definition) is 6. The highest BCUT2D eigenvalue weighted by Crippen LogP contribution is 2.44. The molecule has 0 atom stereocenters. The second-order valence-electron chi connectivity index (χ2n) is 47.3. The lowest BCUT2D eigenvalue weighted by Crippen LogP contribution is -3.00. The highest BCUT2D eigenvalue weighted by atomic mass is 127. The number of nitrogens with two attached hydrogens (primary N) is 2. The molecule has 10 saturated carbocycles. The van der Waals surface area contributed by atoms with Crippen LogP contribution in [0.15, 0.2) is 4.99 Å². The van der Waals surface area contributed by atoms with E-state index in [4.69, 9.17) is 36.3 Å². The van der Waals surface area contributed by atoms with Crippen LogP contribution in [0.1, 0.15) is 441 Å². The van der Waals surface area contributed by atoms with E-state index < -0.39 is 37.1 Å². The molecule has 10 aliphatic carbocycles. The number of carbonyl (C=O) groups excluding carboxylic acids is 3. The molecule has 19 heteroatoms. The van der Waals surface area contributed by atoms with Crippen molar-refractivity contribution in [2.45, 2.75) is 499 Å². The van der Waals surface area contributed by atoms with Gasteiger partial charge in [0.15, 0.2) is 8.32 Å². The normalized spacial score (nSPS) is 36.5. The van der Waals surface area contributed by atoms with Crippen molar-refractivity contribution in [2.75, 3.05) is 52.9 Å². The first-order valence-electron chi connectivity index (χ1n) is 51.3. The van der Waals surface area contributed by atoms with Gasteiger partial charge in [-0.05, 0) is 376 Å². The second kappa shape index (κ2) is 57.4. The van der Waals surface area contributed by atoms with Crippen LogP contribution in [-0.2, 0) is 33.2 Å². The Hall–Kier alpha value is -2.20. The molecule has 0 unspecified atom stereocenters. The van der Waals surface area contributed by atoms with Gasteiger partial charge in [-0.25, -0.2) is 4.79 Å². The first kappa shape index (κ1) is 118. The van der Waals surface area contributed by atoms with Crippen LogP contribution in [0, 0.1) is 81.8 Å². The zero-order valence-electron chi connectivity index (χ0n) is 85.1. The Morgan fingerprint density at radius 3 is 1.03 bits per heavy atom. The number of rotatable bonds is 9. The molecule has 3 saturated heterocycles. The lowest BCUT2D eigenvalue weighted by Gasteiger charge is -2.48. The molecular formula is C105H201IN6O11Si. The van der Waals surface area contributed by atoms with Crippen LogP contribution < -0.4 is 35.4 Å². The maximum Gasteiger partial charge on any atom is 0.309 e. The number of Topliss-reactive ketones (excluding diaryl/α,β-unsaturated/α-hetero) is 2. The standard InChI is InChI=1S/C13H26N2.C13H23NO.C13H28OSi.C9H15NO.2C9H16O2.C8H16NO.C8H17N.C8H14O2.C8H16.C7H14O.HI/c1-11-3-7-13(2,8-4-11)15-9-5-12(14)6-10-15;1-11-3-7-13(2,8-4-11)14-9-5-12(15)6-10-14;1-11-7-9-12(10-8-11)14-15(5,6)13(2,3)4;1-8-3-5-9(2,6-4-8)10-7-11;2*1-7-3-5-9(2,6-4-7)8(10)11;1-3-9(2)6-4-8(10)5-7-9;1-7-3-5-8(2,9)6-4-7;1-6-2-4-7(5-3-6)8(9)10;1-7-3-5-8(2)6-4-7;1-6-2-4-7(8)5-3-6;/h11-12H,3-10,14H2,1-2H3;11H,3-10H2,1-2H3;11-12H,7-10H2,1-6H3;8H,3-6H2,1-2H3;2*7H,3-6H2,1-2H3,(H,10,11);3-7H2,1-2H3;7H,3-6,9H2,1-2H3;6-7H,2-5H2,1H3,(H,9,10);7-8H,3-6H2,1-2H3;6-8H,2-5H2,1H3;1H/q;;;;;;+1;;;;;/p-1. The molecule has 0 aromatic carbocycles. The van der Waals surface area contributed by atoms with Gasteiger partial charge in [-0.2, -0.15) is 4.99 Å². The summed E-state index contributed by atoms with van der Waals surface area (Å²) in [6.45, 7) is 59.7. The van der Waals surface area contributed by atoms with Crippen molar-refractivity contribution >= 4 is 43.9 Å². The molecule has 124 heavy (non-hydrogen) atoms. The molecule has 3 heterocycles. The first-order chi connectivity index (χ1) is 57.2. The molecule has 17 nitrogen and oxygen atoms in total. The fraction of sp³-hybridized carbons (Fsp3) is 0.943. The molecule has 0 spiro atoms. The number of piperidine rings is 3. The van der Waals surface area contributed by atoms with E-state index in [2.05, 4.69) is 160 Å². The van der Waals surface area contributed by atoms with E-state index in [0.717, 1.165) is 231 Å². The average molecular weight is 1880 g/mol. The molecule has 0 bridgehead atoms. The van der Waals surface area contributed by atoms with Gasteiger partial charge in [-0.3, -0.25) is 33.8 Å². The molecule has 0 radical (unpaired) electrons. The quantitative estimate of drug-likeness (QED) is 0.0412. The van der Waals surface area contributed by atoms with Gasteiger partial charge in [0.25, 0.3) is 0 Å². The summed E-state index contributed by atoms with van der Waals surface area (Å²) in [5.74, 6) is 8.61. The molecule has 13 rings (SSSR count). The lowest BCUT2D eigenvalue weighted by molar-refractivity contribution is -0.909. The van der Waals surface area contributed by atoms with Crippen molar-refractivity contribution in [3.63, 3.8) is 0 Å². The third kappa shape index (κ3) is 46.4. The Morgan fingerprint density at radius 1 is 0.452 bits per heavy atom. The molecule has 8 N–H and O–H groups in total. The number of likely N-dealkylation sites (tertiary alicyclic amines) is 3. The van der Waals surface area contributed by atoms with Gasteiger partial charge < -0.3 is 64.8 Å². The third-order valence-corrected chi connectivity index (χ3v) is 38.0. The fourth-order valence-corrected chi connectivity index (χ4v) is 21.3. The number of carbonyl (C=O) groups is 5. The Morgan fingerprint density at radius 2 is 0.734 bits per heavy atom. The minimum Gasteiger partial charge on any atom is -1.00 e. The monoisotopic (exact) mass is 1880 g/mol. The van der Waals surface area contributed by atoms with Crippen molar-refractivity contribution in [1.82, 2.24) is 9.80 Å². The van der Waals surface area contributed by atoms with Crippen molar-refractivity contribution in [2.24, 2.45) is 98.3 Å². The number of carboxylic acids is 3. The lowest BCUT2D eigenvalue weighted by atomic mass is 9.72. The summed E-state index contributed by atoms with van der Waals surface area (Å²) < 4.78 is 7.52. The number of quaternary nitrogens is 1. The molecule has 0 aromatic rings. The largest absolute Gasteiger partial charge is 1.00 e. The van der Waals surface area contributed by atoms with E-state index >= 15 is 0 Å². The van der Waals surface area contributed by atoms with E-state index in [-0.39, 0.29) is 47.1 Å². The van der Waals surface area contributed by atoms with Gasteiger partial charge >= 0.3 is 17.9 Å². The molecular weight excluding hydrogens is 1680 g/mol. The smallest absolute Gasteiger partial charge is 0.309 e. The third-order valence-electron chi connectivity index (χ3n) is 33.5. The summed E-state index contributed by atoms with van der Waals surface area (Å²) in [6, 6.07) is 0.465. The van der Waals surface area contributed by atoms with Crippen LogP contribution in [-0.4, -0.2) is 172 Å². The Bertz CT molecular complexity index is 2820. The Kier molecular flexibility index (Phi) is 54.6. The van der Waals surface area contributed by atoms with Crippen LogP contribution in [0.4, 0.5) is 0 Å². The summed E-state index contributed by atoms with van der Waals surface area (Å²) in [5.41, 5.74) is 12.0. The zero-order valence-corrected chi connectivity index (χ0v) is 88.3. The predicted molar refractivity (Wildman–Crippen MR) is 517 cm³/mol. The summed E-state index contributed by atoms with van der Waals surface area (Å²) in [5, 5.41) is 35.8. The second-order valence-corrected chi connectivity index (χ2v) is 52.0. The van der Waals surface area contributed by atoms with Crippen LogP contribution >= 0.6 is 0 Å². The molecule has 3 aliphatic heterocycles. The van der Waals surface area contributed by atoms with Crippen LogP contribution in [0.2, 0.25) is 18.1 Å². The van der Waals surface area contributed by atoms with Crippen molar-refractivity contribution in [1.29, 1.82) is 0 Å². The minimum atomic E-state index is -1.51. The summed E-state index contributed by atoms with van der Waals surface area (Å²) in [7, 11) is 0.714. The number of halogens is 1. The number of carboxylic acid groups (broad SMARTS) is 3. The number of aliphatic imine (C=N–C) groups is 1. The average Bonchev–Trinajstić information content (AvgIpc) is 0.811. The summed E-state index contributed by atoms with van der Waals surface area (Å²) in [6.07, 6.45) is 55.7. The van der Waals surface area contributed by atoms with Crippen molar-refractivity contribution in [3.05, 3.63) is 0 Å². The molecule has 13 fully saturated rings. The van der Waals surface area contributed by atoms with E-state index in [9.17, 15) is 28.8 Å². The molecule has 13 aliphatic rings. The number of isocyanates is 1. The Labute approximate surface area is 781 Å². The number of aliphatic hydroxyl groups excluding tert-OH is 1. The molecule has 728 valence electrons. The number of hydrogen-bond acceptors (Lipinski definition) is 13. The molecule has 0 amide bonds. The number of aliphatic carboxylic acids is 3. The SMILES string of the molecule is CC1CCC(C(=O)O)CC1.CC1CCC(C)(C(=O)O)CC1.CC1CCC(C)(C(=O)O)CC1.CC1CCC(C)(N)CC1.CC1CCC(C)(N2CCC(=O)CC2)CC1.CC1CCC(C)(N2CCC(N)CC2)CC1.CC1CCC(C)(N=C=O)CC1.CC1CCC(C)CC1.CC1CCC(O)CC1.CC1CCC(O[Si](C)(C)C(C)(C)C)CC1.CC[N+]1(C)CCC(=O)CC1.[I-]. The topological polar surface area (TPSA) is 263 Å². The molecule has 0 aromatic heterocycles. The van der Waals surface area contributed by atoms with Crippen molar-refractivity contribution in [3.8, 4) is 0 Å². The number of ketones is 2. The maximum absolute atomic E-state index is 11.2. The Balaban J connectivity index is 0.000000465. The van der Waals surface area contributed by atoms with E-state index in [1.165, 1.54) is 180 Å². The fourth-order valence-electron chi connectivity index (χ4n) is 19.8. The van der Waals surface area contributed by atoms with Gasteiger partial charge in [0.2, 0.25) is 6.08 Å². The van der Waals surface area contributed by atoms with E-state index in [0.29, 0.717) is 39.8 Å². The van der Waals surface area contributed by atoms with Gasteiger partial charge in [0.05, 0.1) is 67.9 Å². The summed E-state index contributed by atoms with van der Waals surface area (Å²) >= 11 is 0. The van der Waals surface area contributed by atoms with Gasteiger partial charge in [0, 0.05) is 67.8 Å². The first-order valence-corrected chi connectivity index (χ1v) is 54.2. The minimum absolute atomic E-state index is 0. The van der Waals surface area contributed by atoms with Gasteiger partial charge in [-0.1, -0.05) is 123 Å². The van der Waals surface area contributed by atoms with Gasteiger partial charge in [-0.15, -0.1) is 0 Å². The van der Waals surface area contributed by atoms with Gasteiger partial charge in [0.1, 0.15) is 11.6 Å². The van der Waals surface area contributed by atoms with E-state index in [1.54, 1.807) is 6.08 Å². The van der Waals surface area contributed by atoms with Crippen molar-refractivity contribution < 1.29 is 82.1 Å². The predicted octanol–water partition coefficient (Wildman–Crippen LogP) is 22.5. The summed E-state index contributed by atoms with van der Waals surface area (Å²) in [4.78, 5) is 73.3. The van der Waals surface area contributed by atoms with Crippen LogP contribution in [0.5, 0.6) is 0 Å². The van der Waals surface area contributed by atoms with Crippen LogP contribution in [0.25, 0.3) is 0 Å². The highest BCUT2D eigenvalue weighted by Gasteiger charge is 2.43. The number of nitrogens with zero attached hydrogens (tertiary/aromatic N) is 4. The number of aliphatic hydroxyl groups is 1. The van der Waals surface area contributed by atoms with Crippen LogP contribution in [0.3, 0.4) is 0 Å².